The van der Waals surface area contributed by atoms with Crippen LogP contribution in [-0.2, 0) is 14.3 Å². The standard InChI is InChI=1S/C18H20N2O5/c1-13(17(22)19-3)8-7-11-20(4)12-24-18(23)15-9-5-6-10-16(15)25-14(2)21/h5-11H,1,12H2,2-4H3/p+1/b8-7-,20-11-. The maximum atomic E-state index is 12.1. The summed E-state index contributed by atoms with van der Waals surface area (Å²) >= 11 is 0. The van der Waals surface area contributed by atoms with E-state index in [1.54, 1.807) is 36.0 Å². The minimum absolute atomic E-state index is 0.0238. The predicted octanol–water partition coefficient (Wildman–Crippen LogP) is 1.30. The molecular formula is C18H21N2O5+. The molecule has 0 radical (unpaired) electrons. The van der Waals surface area contributed by atoms with Gasteiger partial charge in [-0.05, 0) is 18.2 Å². The van der Waals surface area contributed by atoms with E-state index >= 15 is 0 Å². The van der Waals surface area contributed by atoms with Gasteiger partial charge in [0.1, 0.15) is 18.4 Å². The van der Waals surface area contributed by atoms with Crippen LogP contribution in [0.1, 0.15) is 17.3 Å². The minimum Gasteiger partial charge on any atom is -0.426 e. The average Bonchev–Trinajstić information content (AvgIpc) is 2.58. The molecule has 0 unspecified atom stereocenters. The molecule has 0 saturated heterocycles. The fourth-order valence-electron chi connectivity index (χ4n) is 1.70. The molecule has 7 heteroatoms. The van der Waals surface area contributed by atoms with E-state index in [-0.39, 0.29) is 24.0 Å². The highest BCUT2D eigenvalue weighted by Gasteiger charge is 2.16. The number of allylic oxidation sites excluding steroid dienone is 1. The van der Waals surface area contributed by atoms with E-state index in [0.29, 0.717) is 5.57 Å². The van der Waals surface area contributed by atoms with Gasteiger partial charge in [0.2, 0.25) is 5.91 Å². The van der Waals surface area contributed by atoms with Crippen molar-refractivity contribution in [1.29, 1.82) is 0 Å². The summed E-state index contributed by atoms with van der Waals surface area (Å²) in [5.41, 5.74) is 0.467. The van der Waals surface area contributed by atoms with Crippen molar-refractivity contribution in [2.24, 2.45) is 0 Å². The summed E-state index contributed by atoms with van der Waals surface area (Å²) in [5, 5.41) is 2.46. The minimum atomic E-state index is -0.615. The Hall–Kier alpha value is -3.22. The Morgan fingerprint density at radius 3 is 2.60 bits per heavy atom. The molecule has 132 valence electrons. The third kappa shape index (κ3) is 6.82. The van der Waals surface area contributed by atoms with Gasteiger partial charge in [-0.3, -0.25) is 9.59 Å². The first-order valence-corrected chi connectivity index (χ1v) is 7.42. The molecule has 1 aromatic rings. The molecule has 1 rings (SSSR count). The molecular weight excluding hydrogens is 324 g/mol. The highest BCUT2D eigenvalue weighted by atomic mass is 16.6. The van der Waals surface area contributed by atoms with E-state index in [0.717, 1.165) is 0 Å². The van der Waals surface area contributed by atoms with Gasteiger partial charge < -0.3 is 14.8 Å². The molecule has 0 heterocycles. The first-order chi connectivity index (χ1) is 11.8. The summed E-state index contributed by atoms with van der Waals surface area (Å²) in [6.07, 6.45) is 4.77. The second kappa shape index (κ2) is 9.82. The summed E-state index contributed by atoms with van der Waals surface area (Å²) in [6, 6.07) is 6.32. The molecule has 0 aliphatic heterocycles. The van der Waals surface area contributed by atoms with Crippen molar-refractivity contribution in [2.75, 3.05) is 20.8 Å². The molecule has 0 atom stereocenters. The Labute approximate surface area is 146 Å². The van der Waals surface area contributed by atoms with Crippen molar-refractivity contribution in [3.63, 3.8) is 0 Å². The summed E-state index contributed by atoms with van der Waals surface area (Å²) < 4.78 is 11.7. The van der Waals surface area contributed by atoms with Crippen LogP contribution in [0.25, 0.3) is 0 Å². The maximum Gasteiger partial charge on any atom is 0.346 e. The number of ether oxygens (including phenoxy) is 2. The first-order valence-electron chi connectivity index (χ1n) is 7.42. The largest absolute Gasteiger partial charge is 0.426 e. The van der Waals surface area contributed by atoms with Crippen LogP contribution in [-0.4, -0.2) is 49.5 Å². The Kier molecular flexibility index (Phi) is 7.78. The van der Waals surface area contributed by atoms with Gasteiger partial charge in [0.15, 0.2) is 6.21 Å². The number of nitrogens with zero attached hydrogens (tertiary/aromatic N) is 1. The molecule has 1 aromatic carbocycles. The van der Waals surface area contributed by atoms with Gasteiger partial charge in [-0.1, -0.05) is 18.7 Å². The lowest BCUT2D eigenvalue weighted by molar-refractivity contribution is -0.528. The van der Waals surface area contributed by atoms with E-state index in [2.05, 4.69) is 11.9 Å². The fourth-order valence-corrected chi connectivity index (χ4v) is 1.70. The molecule has 0 spiro atoms. The molecule has 1 N–H and O–H groups in total. The van der Waals surface area contributed by atoms with Crippen LogP contribution in [0.15, 0.2) is 48.6 Å². The van der Waals surface area contributed by atoms with Crippen molar-refractivity contribution in [3.05, 3.63) is 54.1 Å². The Bertz CT molecular complexity index is 735. The number of carbonyl (C=O) groups is 3. The average molecular weight is 345 g/mol. The van der Waals surface area contributed by atoms with Crippen molar-refractivity contribution < 1.29 is 28.4 Å². The molecule has 0 aromatic heterocycles. The van der Waals surface area contributed by atoms with Gasteiger partial charge >= 0.3 is 11.9 Å². The number of hydrogen-bond acceptors (Lipinski definition) is 5. The van der Waals surface area contributed by atoms with Crippen LogP contribution in [0.2, 0.25) is 0 Å². The quantitative estimate of drug-likeness (QED) is 0.153. The monoisotopic (exact) mass is 345 g/mol. The smallest absolute Gasteiger partial charge is 0.346 e. The van der Waals surface area contributed by atoms with Crippen LogP contribution < -0.4 is 10.1 Å². The number of hydrogen-bond donors (Lipinski definition) is 1. The van der Waals surface area contributed by atoms with Crippen molar-refractivity contribution in [1.82, 2.24) is 5.32 Å². The summed E-state index contributed by atoms with van der Waals surface area (Å²) in [7, 11) is 3.21. The zero-order valence-corrected chi connectivity index (χ0v) is 14.4. The van der Waals surface area contributed by atoms with Gasteiger partial charge in [-0.25, -0.2) is 9.37 Å². The first kappa shape index (κ1) is 19.8. The van der Waals surface area contributed by atoms with Crippen molar-refractivity contribution >= 4 is 24.1 Å². The van der Waals surface area contributed by atoms with Gasteiger partial charge in [0, 0.05) is 25.6 Å². The second-order valence-electron chi connectivity index (χ2n) is 5.02. The molecule has 7 nitrogen and oxygen atoms in total. The Morgan fingerprint density at radius 2 is 1.96 bits per heavy atom. The summed E-state index contributed by atoms with van der Waals surface area (Å²) in [6.45, 7) is 4.84. The topological polar surface area (TPSA) is 84.7 Å². The third-order valence-electron chi connectivity index (χ3n) is 2.92. The van der Waals surface area contributed by atoms with E-state index in [4.69, 9.17) is 9.47 Å². The SMILES string of the molecule is C=C(/C=C\C=[N+](\C)COC(=O)c1ccccc1OC(C)=O)C(=O)NC. The highest BCUT2D eigenvalue weighted by molar-refractivity contribution is 5.96. The molecule has 1 amide bonds. The van der Waals surface area contributed by atoms with Crippen LogP contribution in [0, 0.1) is 0 Å². The van der Waals surface area contributed by atoms with E-state index in [1.807, 2.05) is 0 Å². The lowest BCUT2D eigenvalue weighted by Crippen LogP contribution is -2.18. The number of carbonyl (C=O) groups excluding carboxylic acids is 3. The van der Waals surface area contributed by atoms with Crippen molar-refractivity contribution in [2.45, 2.75) is 6.92 Å². The summed E-state index contributed by atoms with van der Waals surface area (Å²) in [4.78, 5) is 34.5. The van der Waals surface area contributed by atoms with Gasteiger partial charge in [-0.2, -0.15) is 0 Å². The van der Waals surface area contributed by atoms with Crippen LogP contribution in [0.5, 0.6) is 5.75 Å². The van der Waals surface area contributed by atoms with E-state index < -0.39 is 11.9 Å². The number of likely N-dealkylation sites (N-methyl/N-ethyl adjacent to an activating group) is 1. The number of esters is 2. The van der Waals surface area contributed by atoms with E-state index in [9.17, 15) is 14.4 Å². The summed E-state index contributed by atoms with van der Waals surface area (Å²) in [5.74, 6) is -1.27. The molecule has 0 aliphatic rings. The molecule has 0 saturated carbocycles. The predicted molar refractivity (Wildman–Crippen MR) is 92.6 cm³/mol. The van der Waals surface area contributed by atoms with Crippen LogP contribution in [0.4, 0.5) is 0 Å². The van der Waals surface area contributed by atoms with Crippen LogP contribution in [0.3, 0.4) is 0 Å². The number of amides is 1. The number of rotatable bonds is 7. The van der Waals surface area contributed by atoms with E-state index in [1.165, 1.54) is 32.2 Å². The van der Waals surface area contributed by atoms with Gasteiger partial charge in [0.05, 0.1) is 0 Å². The Balaban J connectivity index is 2.66. The molecule has 25 heavy (non-hydrogen) atoms. The number of para-hydroxylation sites is 1. The lowest BCUT2D eigenvalue weighted by atomic mass is 10.2. The normalized spacial score (nSPS) is 11.1. The maximum absolute atomic E-state index is 12.1. The number of nitrogens with one attached hydrogen (secondary N) is 1. The molecule has 0 fully saturated rings. The van der Waals surface area contributed by atoms with Crippen molar-refractivity contribution in [3.8, 4) is 5.75 Å². The fraction of sp³-hybridized carbons (Fsp3) is 0.222. The third-order valence-corrected chi connectivity index (χ3v) is 2.92. The number of benzene rings is 1. The second-order valence-corrected chi connectivity index (χ2v) is 5.02. The Morgan fingerprint density at radius 1 is 1.28 bits per heavy atom. The van der Waals surface area contributed by atoms with Gasteiger partial charge in [-0.15, -0.1) is 0 Å². The molecule has 0 bridgehead atoms. The highest BCUT2D eigenvalue weighted by Crippen LogP contribution is 2.19. The molecule has 0 aliphatic carbocycles. The van der Waals surface area contributed by atoms with Gasteiger partial charge in [0.25, 0.3) is 6.73 Å². The lowest BCUT2D eigenvalue weighted by Gasteiger charge is -2.07. The zero-order valence-electron chi connectivity index (χ0n) is 14.4. The zero-order chi connectivity index (χ0) is 18.8. The van der Waals surface area contributed by atoms with Crippen LogP contribution >= 0.6 is 0 Å².